The summed E-state index contributed by atoms with van der Waals surface area (Å²) in [4.78, 5) is 17.6. The minimum Gasteiger partial charge on any atom is -0.438 e. The summed E-state index contributed by atoms with van der Waals surface area (Å²) in [5.74, 6) is 1.78. The zero-order valence-electron chi connectivity index (χ0n) is 9.85. The average Bonchev–Trinajstić information content (AvgIpc) is 2.81. The van der Waals surface area contributed by atoms with Gasteiger partial charge in [-0.1, -0.05) is 13.8 Å². The molecule has 88 valence electrons. The normalized spacial score (nSPS) is 18.1. The van der Waals surface area contributed by atoms with Crippen molar-refractivity contribution in [1.29, 1.82) is 0 Å². The molecule has 2 heterocycles. The molecule has 0 aromatic carbocycles. The van der Waals surface area contributed by atoms with Gasteiger partial charge in [-0.15, -0.1) is 0 Å². The first-order chi connectivity index (χ1) is 7.68. The van der Waals surface area contributed by atoms with Crippen LogP contribution in [0.5, 0.6) is 0 Å². The highest BCUT2D eigenvalue weighted by molar-refractivity contribution is 5.91. The molecule has 1 aliphatic heterocycles. The number of hydrogen-bond donors (Lipinski definition) is 0. The fraction of sp³-hybridized carbons (Fsp3) is 0.667. The van der Waals surface area contributed by atoms with Gasteiger partial charge in [0.25, 0.3) is 5.91 Å². The molecule has 0 aliphatic carbocycles. The molecule has 1 aromatic heterocycles. The van der Waals surface area contributed by atoms with Crippen molar-refractivity contribution in [3.8, 4) is 0 Å². The molecule has 4 heteroatoms. The van der Waals surface area contributed by atoms with Crippen molar-refractivity contribution in [2.45, 2.75) is 26.7 Å². The van der Waals surface area contributed by atoms with Crippen LogP contribution in [0.4, 0.5) is 0 Å². The zero-order valence-corrected chi connectivity index (χ0v) is 9.85. The SMILES string of the molecule is CC(C)C1CCN(C(=O)c2cnco2)CC1. The van der Waals surface area contributed by atoms with E-state index in [4.69, 9.17) is 4.42 Å². The summed E-state index contributed by atoms with van der Waals surface area (Å²) in [5.41, 5.74) is 0. The van der Waals surface area contributed by atoms with Crippen LogP contribution in [-0.4, -0.2) is 28.9 Å². The summed E-state index contributed by atoms with van der Waals surface area (Å²) < 4.78 is 5.02. The number of amides is 1. The van der Waals surface area contributed by atoms with Crippen LogP contribution in [0.15, 0.2) is 17.0 Å². The lowest BCUT2D eigenvalue weighted by atomic mass is 9.87. The molecule has 1 aliphatic rings. The third kappa shape index (κ3) is 2.26. The first kappa shape index (κ1) is 11.2. The van der Waals surface area contributed by atoms with Crippen LogP contribution >= 0.6 is 0 Å². The van der Waals surface area contributed by atoms with E-state index >= 15 is 0 Å². The van der Waals surface area contributed by atoms with E-state index in [1.54, 1.807) is 0 Å². The molecule has 0 unspecified atom stereocenters. The van der Waals surface area contributed by atoms with E-state index in [9.17, 15) is 4.79 Å². The molecule has 0 spiro atoms. The molecule has 0 N–H and O–H groups in total. The van der Waals surface area contributed by atoms with E-state index < -0.39 is 0 Å². The van der Waals surface area contributed by atoms with Crippen molar-refractivity contribution >= 4 is 5.91 Å². The number of carbonyl (C=O) groups is 1. The predicted octanol–water partition coefficient (Wildman–Crippen LogP) is 2.18. The van der Waals surface area contributed by atoms with Crippen LogP contribution in [0.25, 0.3) is 0 Å². The number of aromatic nitrogens is 1. The maximum absolute atomic E-state index is 11.9. The molecule has 1 amide bonds. The topological polar surface area (TPSA) is 46.3 Å². The average molecular weight is 222 g/mol. The minimum absolute atomic E-state index is 0.0280. The Morgan fingerprint density at radius 1 is 1.50 bits per heavy atom. The molecular weight excluding hydrogens is 204 g/mol. The van der Waals surface area contributed by atoms with Crippen LogP contribution in [0.2, 0.25) is 0 Å². The van der Waals surface area contributed by atoms with Gasteiger partial charge in [-0.3, -0.25) is 4.79 Å². The maximum Gasteiger partial charge on any atom is 0.291 e. The number of hydrogen-bond acceptors (Lipinski definition) is 3. The van der Waals surface area contributed by atoms with E-state index in [0.29, 0.717) is 11.7 Å². The summed E-state index contributed by atoms with van der Waals surface area (Å²) in [6.07, 6.45) is 4.97. The minimum atomic E-state index is -0.0280. The Hall–Kier alpha value is -1.32. The lowest BCUT2D eigenvalue weighted by Crippen LogP contribution is -2.39. The molecule has 1 fully saturated rings. The molecule has 0 atom stereocenters. The molecule has 0 saturated carbocycles. The van der Waals surface area contributed by atoms with Gasteiger partial charge < -0.3 is 9.32 Å². The van der Waals surface area contributed by atoms with Gasteiger partial charge in [0.15, 0.2) is 6.39 Å². The Morgan fingerprint density at radius 3 is 2.69 bits per heavy atom. The largest absolute Gasteiger partial charge is 0.438 e. The number of nitrogens with zero attached hydrogens (tertiary/aromatic N) is 2. The third-order valence-electron chi connectivity index (χ3n) is 3.41. The molecule has 0 radical (unpaired) electrons. The molecule has 4 nitrogen and oxygen atoms in total. The number of oxazole rings is 1. The summed E-state index contributed by atoms with van der Waals surface area (Å²) in [6.45, 7) is 6.17. The van der Waals surface area contributed by atoms with Crippen molar-refractivity contribution in [1.82, 2.24) is 9.88 Å². The molecule has 16 heavy (non-hydrogen) atoms. The fourth-order valence-electron chi connectivity index (χ4n) is 2.25. The van der Waals surface area contributed by atoms with Crippen LogP contribution in [0.1, 0.15) is 37.2 Å². The summed E-state index contributed by atoms with van der Waals surface area (Å²) in [5, 5.41) is 0. The summed E-state index contributed by atoms with van der Waals surface area (Å²) in [7, 11) is 0. The third-order valence-corrected chi connectivity index (χ3v) is 3.41. The fourth-order valence-corrected chi connectivity index (χ4v) is 2.25. The second-order valence-electron chi connectivity index (χ2n) is 4.74. The number of carbonyl (C=O) groups excluding carboxylic acids is 1. The first-order valence-electron chi connectivity index (χ1n) is 5.86. The van der Waals surface area contributed by atoms with Gasteiger partial charge >= 0.3 is 0 Å². The maximum atomic E-state index is 11.9. The second-order valence-corrected chi connectivity index (χ2v) is 4.74. The van der Waals surface area contributed by atoms with Crippen LogP contribution < -0.4 is 0 Å². The van der Waals surface area contributed by atoms with Crippen molar-refractivity contribution in [3.05, 3.63) is 18.4 Å². The van der Waals surface area contributed by atoms with Gasteiger partial charge in [0.2, 0.25) is 5.76 Å². The van der Waals surface area contributed by atoms with Gasteiger partial charge in [0.05, 0.1) is 6.20 Å². The second kappa shape index (κ2) is 4.68. The molecular formula is C12H18N2O2. The number of rotatable bonds is 2. The van der Waals surface area contributed by atoms with Crippen molar-refractivity contribution in [2.75, 3.05) is 13.1 Å². The van der Waals surface area contributed by atoms with E-state index in [1.807, 2.05) is 4.90 Å². The smallest absolute Gasteiger partial charge is 0.291 e. The van der Waals surface area contributed by atoms with E-state index in [-0.39, 0.29) is 5.91 Å². The Bertz CT molecular complexity index is 338. The Balaban J connectivity index is 1.92. The lowest BCUT2D eigenvalue weighted by Gasteiger charge is -2.33. The summed E-state index contributed by atoms with van der Waals surface area (Å²) >= 11 is 0. The van der Waals surface area contributed by atoms with Crippen LogP contribution in [-0.2, 0) is 0 Å². The zero-order chi connectivity index (χ0) is 11.5. The van der Waals surface area contributed by atoms with Crippen LogP contribution in [0, 0.1) is 11.8 Å². The van der Waals surface area contributed by atoms with E-state index in [1.165, 1.54) is 12.6 Å². The number of likely N-dealkylation sites (tertiary alicyclic amines) is 1. The first-order valence-corrected chi connectivity index (χ1v) is 5.86. The van der Waals surface area contributed by atoms with Crippen molar-refractivity contribution in [3.63, 3.8) is 0 Å². The standard InChI is InChI=1S/C12H18N2O2/c1-9(2)10-3-5-14(6-4-10)12(15)11-7-13-8-16-11/h7-10H,3-6H2,1-2H3. The Morgan fingerprint density at radius 2 is 2.19 bits per heavy atom. The van der Waals surface area contributed by atoms with Gasteiger partial charge in [-0.05, 0) is 24.7 Å². The Kier molecular flexibility index (Phi) is 3.27. The molecule has 2 rings (SSSR count). The van der Waals surface area contributed by atoms with E-state index in [0.717, 1.165) is 31.8 Å². The highest BCUT2D eigenvalue weighted by atomic mass is 16.3. The van der Waals surface area contributed by atoms with Crippen molar-refractivity contribution < 1.29 is 9.21 Å². The predicted molar refractivity (Wildman–Crippen MR) is 60.0 cm³/mol. The Labute approximate surface area is 95.6 Å². The molecule has 0 bridgehead atoms. The van der Waals surface area contributed by atoms with Gasteiger partial charge in [-0.25, -0.2) is 4.98 Å². The quantitative estimate of drug-likeness (QED) is 0.770. The monoisotopic (exact) mass is 222 g/mol. The number of piperidine rings is 1. The highest BCUT2D eigenvalue weighted by Gasteiger charge is 2.26. The van der Waals surface area contributed by atoms with Crippen molar-refractivity contribution in [2.24, 2.45) is 11.8 Å². The van der Waals surface area contributed by atoms with Crippen LogP contribution in [0.3, 0.4) is 0 Å². The molecule has 1 saturated heterocycles. The molecule has 1 aromatic rings. The van der Waals surface area contributed by atoms with E-state index in [2.05, 4.69) is 18.8 Å². The van der Waals surface area contributed by atoms with Gasteiger partial charge in [0, 0.05) is 13.1 Å². The highest BCUT2D eigenvalue weighted by Crippen LogP contribution is 2.25. The lowest BCUT2D eigenvalue weighted by molar-refractivity contribution is 0.0636. The summed E-state index contributed by atoms with van der Waals surface area (Å²) in [6, 6.07) is 0. The van der Waals surface area contributed by atoms with Gasteiger partial charge in [-0.2, -0.15) is 0 Å². The van der Waals surface area contributed by atoms with Gasteiger partial charge in [0.1, 0.15) is 0 Å².